The SMILES string of the molecule is C=Cc1c(OCCC2(CO)CCCN2)ccc2c(=O)cc(N3CCOCC3)oc12. The second-order valence-corrected chi connectivity index (χ2v) is 7.67. The van der Waals surface area contributed by atoms with Gasteiger partial charge in [0.25, 0.3) is 0 Å². The van der Waals surface area contributed by atoms with Gasteiger partial charge >= 0.3 is 0 Å². The first kappa shape index (κ1) is 19.9. The Morgan fingerprint density at radius 3 is 2.86 bits per heavy atom. The Morgan fingerprint density at radius 2 is 2.17 bits per heavy atom. The minimum Gasteiger partial charge on any atom is -0.493 e. The summed E-state index contributed by atoms with van der Waals surface area (Å²) >= 11 is 0. The molecule has 0 spiro atoms. The van der Waals surface area contributed by atoms with Gasteiger partial charge in [0.1, 0.15) is 5.75 Å². The summed E-state index contributed by atoms with van der Waals surface area (Å²) in [6.45, 7) is 7.96. The molecule has 1 atom stereocenters. The first-order valence-electron chi connectivity index (χ1n) is 10.2. The highest BCUT2D eigenvalue weighted by Crippen LogP contribution is 2.31. The Bertz CT molecular complexity index is 927. The number of benzene rings is 1. The summed E-state index contributed by atoms with van der Waals surface area (Å²) in [5.41, 5.74) is 0.813. The Kier molecular flexibility index (Phi) is 5.89. The standard InChI is InChI=1S/C22H28N2O5/c1-2-16-19(28-11-7-22(15-25)6-3-8-23-22)5-4-17-18(26)14-20(29-21(16)17)24-9-12-27-13-10-24/h2,4-5,14,23,25H,1,3,6-13,15H2. The molecule has 7 heteroatoms. The van der Waals surface area contributed by atoms with Gasteiger partial charge in [-0.15, -0.1) is 0 Å². The lowest BCUT2D eigenvalue weighted by molar-refractivity contribution is 0.121. The molecule has 4 rings (SSSR count). The van der Waals surface area contributed by atoms with Gasteiger partial charge in [-0.05, 0) is 31.5 Å². The molecule has 2 aliphatic heterocycles. The number of nitrogens with zero attached hydrogens (tertiary/aromatic N) is 1. The Morgan fingerprint density at radius 1 is 1.34 bits per heavy atom. The number of hydrogen-bond donors (Lipinski definition) is 2. The van der Waals surface area contributed by atoms with Gasteiger partial charge in [0.15, 0.2) is 16.9 Å². The highest BCUT2D eigenvalue weighted by Gasteiger charge is 2.32. The van der Waals surface area contributed by atoms with E-state index in [1.165, 1.54) is 6.07 Å². The lowest BCUT2D eigenvalue weighted by atomic mass is 9.95. The number of fused-ring (bicyclic) bond motifs is 1. The third-order valence-corrected chi connectivity index (χ3v) is 5.88. The molecule has 2 N–H and O–H groups in total. The minimum atomic E-state index is -0.263. The van der Waals surface area contributed by atoms with Crippen LogP contribution < -0.4 is 20.4 Å². The van der Waals surface area contributed by atoms with Gasteiger partial charge in [-0.2, -0.15) is 0 Å². The lowest BCUT2D eigenvalue weighted by Crippen LogP contribution is -2.44. The van der Waals surface area contributed by atoms with Crippen molar-refractivity contribution in [2.75, 3.05) is 51.0 Å². The molecule has 7 nitrogen and oxygen atoms in total. The van der Waals surface area contributed by atoms with Crippen molar-refractivity contribution in [1.29, 1.82) is 0 Å². The van der Waals surface area contributed by atoms with Crippen LogP contribution in [0.2, 0.25) is 0 Å². The molecule has 0 aliphatic carbocycles. The zero-order valence-corrected chi connectivity index (χ0v) is 16.6. The van der Waals surface area contributed by atoms with Crippen LogP contribution in [0.5, 0.6) is 5.75 Å². The van der Waals surface area contributed by atoms with Crippen molar-refractivity contribution in [2.24, 2.45) is 0 Å². The molecule has 1 unspecified atom stereocenters. The van der Waals surface area contributed by atoms with Crippen molar-refractivity contribution in [1.82, 2.24) is 5.32 Å². The van der Waals surface area contributed by atoms with Crippen molar-refractivity contribution in [3.63, 3.8) is 0 Å². The van der Waals surface area contributed by atoms with E-state index in [0.717, 1.165) is 19.4 Å². The van der Waals surface area contributed by atoms with Crippen LogP contribution in [-0.2, 0) is 4.74 Å². The van der Waals surface area contributed by atoms with E-state index >= 15 is 0 Å². The van der Waals surface area contributed by atoms with Crippen LogP contribution in [0, 0.1) is 0 Å². The molecular formula is C22H28N2O5. The maximum absolute atomic E-state index is 12.7. The largest absolute Gasteiger partial charge is 0.493 e. The smallest absolute Gasteiger partial charge is 0.200 e. The molecule has 0 radical (unpaired) electrons. The van der Waals surface area contributed by atoms with Crippen molar-refractivity contribution in [3.05, 3.63) is 40.6 Å². The zero-order chi connectivity index (χ0) is 20.3. The number of ether oxygens (including phenoxy) is 2. The van der Waals surface area contributed by atoms with E-state index in [2.05, 4.69) is 11.9 Å². The van der Waals surface area contributed by atoms with Crippen LogP contribution in [-0.4, -0.2) is 56.7 Å². The van der Waals surface area contributed by atoms with Crippen LogP contribution in [0.25, 0.3) is 17.0 Å². The summed E-state index contributed by atoms with van der Waals surface area (Å²) in [5.74, 6) is 1.17. The number of aliphatic hydroxyl groups is 1. The Hall–Kier alpha value is -2.35. The first-order valence-corrected chi connectivity index (χ1v) is 10.2. The molecule has 2 aliphatic rings. The average Bonchev–Trinajstić information content (AvgIpc) is 3.23. The van der Waals surface area contributed by atoms with Crippen LogP contribution in [0.15, 0.2) is 34.0 Å². The molecule has 0 amide bonds. The molecular weight excluding hydrogens is 372 g/mol. The normalized spacial score (nSPS) is 22.2. The summed E-state index contributed by atoms with van der Waals surface area (Å²) < 4.78 is 17.6. The van der Waals surface area contributed by atoms with Crippen LogP contribution in [0.4, 0.5) is 5.88 Å². The summed E-state index contributed by atoms with van der Waals surface area (Å²) in [5, 5.41) is 13.6. The maximum Gasteiger partial charge on any atom is 0.200 e. The second-order valence-electron chi connectivity index (χ2n) is 7.67. The molecule has 2 fully saturated rings. The fourth-order valence-corrected chi connectivity index (χ4v) is 4.12. The van der Waals surface area contributed by atoms with E-state index in [-0.39, 0.29) is 17.6 Å². The van der Waals surface area contributed by atoms with Crippen LogP contribution in [0.1, 0.15) is 24.8 Å². The number of rotatable bonds is 7. The molecule has 1 aromatic carbocycles. The zero-order valence-electron chi connectivity index (χ0n) is 16.6. The van der Waals surface area contributed by atoms with E-state index in [1.54, 1.807) is 18.2 Å². The van der Waals surface area contributed by atoms with Crippen molar-refractivity contribution in [3.8, 4) is 5.75 Å². The van der Waals surface area contributed by atoms with Gasteiger partial charge in [-0.25, -0.2) is 0 Å². The second kappa shape index (κ2) is 8.57. The van der Waals surface area contributed by atoms with Gasteiger partial charge in [0.2, 0.25) is 0 Å². The van der Waals surface area contributed by atoms with Gasteiger partial charge in [-0.3, -0.25) is 4.79 Å². The predicted octanol–water partition coefficient (Wildman–Crippen LogP) is 2.16. The fourth-order valence-electron chi connectivity index (χ4n) is 4.12. The number of aliphatic hydroxyl groups excluding tert-OH is 1. The Labute approximate surface area is 169 Å². The molecule has 3 heterocycles. The van der Waals surface area contributed by atoms with E-state index in [0.29, 0.717) is 67.5 Å². The van der Waals surface area contributed by atoms with Gasteiger partial charge in [0, 0.05) is 31.1 Å². The van der Waals surface area contributed by atoms with Crippen molar-refractivity contribution >= 4 is 22.9 Å². The molecule has 156 valence electrons. The average molecular weight is 400 g/mol. The molecule has 29 heavy (non-hydrogen) atoms. The summed E-state index contributed by atoms with van der Waals surface area (Å²) in [6, 6.07) is 5.07. The lowest BCUT2D eigenvalue weighted by Gasteiger charge is -2.27. The topological polar surface area (TPSA) is 84.2 Å². The Balaban J connectivity index is 1.61. The maximum atomic E-state index is 12.7. The summed E-state index contributed by atoms with van der Waals surface area (Å²) in [6.07, 6.45) is 4.37. The van der Waals surface area contributed by atoms with Crippen LogP contribution in [0.3, 0.4) is 0 Å². The summed E-state index contributed by atoms with van der Waals surface area (Å²) in [7, 11) is 0. The molecule has 2 aromatic rings. The third kappa shape index (κ3) is 4.03. The molecule has 0 bridgehead atoms. The number of hydrogen-bond acceptors (Lipinski definition) is 7. The first-order chi connectivity index (χ1) is 14.2. The number of nitrogens with one attached hydrogen (secondary N) is 1. The predicted molar refractivity (Wildman–Crippen MR) is 113 cm³/mol. The van der Waals surface area contributed by atoms with Gasteiger partial charge in [-0.1, -0.05) is 12.7 Å². The minimum absolute atomic E-state index is 0.0863. The van der Waals surface area contributed by atoms with E-state index < -0.39 is 0 Å². The molecule has 1 aromatic heterocycles. The monoisotopic (exact) mass is 400 g/mol. The van der Waals surface area contributed by atoms with E-state index in [9.17, 15) is 9.90 Å². The van der Waals surface area contributed by atoms with Crippen molar-refractivity contribution in [2.45, 2.75) is 24.8 Å². The quantitative estimate of drug-likeness (QED) is 0.737. The third-order valence-electron chi connectivity index (χ3n) is 5.88. The highest BCUT2D eigenvalue weighted by molar-refractivity contribution is 5.88. The number of anilines is 1. The highest BCUT2D eigenvalue weighted by atomic mass is 16.5. The van der Waals surface area contributed by atoms with Crippen molar-refractivity contribution < 1.29 is 19.0 Å². The van der Waals surface area contributed by atoms with Crippen LogP contribution >= 0.6 is 0 Å². The molecule has 2 saturated heterocycles. The van der Waals surface area contributed by atoms with Gasteiger partial charge in [0.05, 0.1) is 37.4 Å². The van der Waals surface area contributed by atoms with E-state index in [1.807, 2.05) is 4.90 Å². The van der Waals surface area contributed by atoms with Gasteiger partial charge < -0.3 is 29.2 Å². The van der Waals surface area contributed by atoms with E-state index in [4.69, 9.17) is 13.9 Å². The number of morpholine rings is 1. The molecule has 0 saturated carbocycles. The summed E-state index contributed by atoms with van der Waals surface area (Å²) in [4.78, 5) is 14.7. The fraction of sp³-hybridized carbons (Fsp3) is 0.500.